The second kappa shape index (κ2) is 6.18. The van der Waals surface area contributed by atoms with Crippen molar-refractivity contribution in [2.75, 3.05) is 7.05 Å². The highest BCUT2D eigenvalue weighted by molar-refractivity contribution is 5.78. The van der Waals surface area contributed by atoms with Crippen molar-refractivity contribution in [1.82, 2.24) is 4.90 Å². The molecule has 2 aromatic rings. The van der Waals surface area contributed by atoms with Crippen molar-refractivity contribution < 1.29 is 4.79 Å². The number of hydrogen-bond donors (Lipinski definition) is 0. The standard InChI is InChI=1S/C23H25NO/c1-23-15-14-22(25)24(2)21(23)13-11-19-16-18(10-12-20(19)23)9-8-17-6-4-3-5-7-17/h3-10,12,16,21H,11,13-15H2,1-2H3/t21-,23-/m1/s1. The molecule has 0 N–H and O–H groups in total. The normalized spacial score (nSPS) is 25.8. The Labute approximate surface area is 150 Å². The predicted molar refractivity (Wildman–Crippen MR) is 103 cm³/mol. The summed E-state index contributed by atoms with van der Waals surface area (Å²) in [5.74, 6) is 0.299. The van der Waals surface area contributed by atoms with E-state index in [2.05, 4.69) is 61.5 Å². The summed E-state index contributed by atoms with van der Waals surface area (Å²) >= 11 is 0. The minimum Gasteiger partial charge on any atom is -0.342 e. The molecule has 0 radical (unpaired) electrons. The molecule has 0 aromatic heterocycles. The first-order valence-electron chi connectivity index (χ1n) is 9.20. The van der Waals surface area contributed by atoms with Gasteiger partial charge in [-0.25, -0.2) is 0 Å². The number of hydrogen-bond acceptors (Lipinski definition) is 1. The smallest absolute Gasteiger partial charge is 0.222 e. The van der Waals surface area contributed by atoms with E-state index in [0.29, 0.717) is 18.4 Å². The third-order valence-corrected chi connectivity index (χ3v) is 6.15. The van der Waals surface area contributed by atoms with Crippen LogP contribution in [0.4, 0.5) is 0 Å². The Kier molecular flexibility index (Phi) is 3.99. The van der Waals surface area contributed by atoms with Crippen LogP contribution in [0.15, 0.2) is 48.5 Å². The molecule has 0 spiro atoms. The topological polar surface area (TPSA) is 20.3 Å². The lowest BCUT2D eigenvalue weighted by atomic mass is 9.63. The summed E-state index contributed by atoms with van der Waals surface area (Å²) in [5, 5.41) is 0. The van der Waals surface area contributed by atoms with Crippen LogP contribution in [0.25, 0.3) is 12.2 Å². The predicted octanol–water partition coefficient (Wildman–Crippen LogP) is 4.68. The molecule has 1 heterocycles. The van der Waals surface area contributed by atoms with Crippen molar-refractivity contribution >= 4 is 18.1 Å². The van der Waals surface area contributed by atoms with Gasteiger partial charge in [-0.3, -0.25) is 4.79 Å². The van der Waals surface area contributed by atoms with Crippen molar-refractivity contribution in [2.45, 2.75) is 44.1 Å². The van der Waals surface area contributed by atoms with Gasteiger partial charge in [-0.15, -0.1) is 0 Å². The molecule has 2 nitrogen and oxygen atoms in total. The molecule has 1 fully saturated rings. The zero-order valence-electron chi connectivity index (χ0n) is 15.0. The first-order chi connectivity index (χ1) is 12.1. The molecule has 2 atom stereocenters. The zero-order valence-corrected chi connectivity index (χ0v) is 15.0. The second-order valence-corrected chi connectivity index (χ2v) is 7.64. The van der Waals surface area contributed by atoms with Gasteiger partial charge in [-0.05, 0) is 41.5 Å². The Hall–Kier alpha value is -2.35. The van der Waals surface area contributed by atoms with E-state index in [1.165, 1.54) is 22.3 Å². The van der Waals surface area contributed by atoms with Gasteiger partial charge in [-0.1, -0.05) is 67.6 Å². The molecule has 0 saturated carbocycles. The minimum absolute atomic E-state index is 0.0952. The summed E-state index contributed by atoms with van der Waals surface area (Å²) in [4.78, 5) is 14.1. The average molecular weight is 331 g/mol. The number of likely N-dealkylation sites (N-methyl/N-ethyl adjacent to an activating group) is 1. The molecule has 128 valence electrons. The van der Waals surface area contributed by atoms with Gasteiger partial charge in [-0.2, -0.15) is 0 Å². The fourth-order valence-corrected chi connectivity index (χ4v) is 4.67. The van der Waals surface area contributed by atoms with Crippen LogP contribution in [0.2, 0.25) is 0 Å². The molecule has 4 rings (SSSR count). The number of rotatable bonds is 2. The average Bonchev–Trinajstić information content (AvgIpc) is 2.64. The van der Waals surface area contributed by atoms with Crippen LogP contribution in [0.3, 0.4) is 0 Å². The highest BCUT2D eigenvalue weighted by Crippen LogP contribution is 2.45. The number of nitrogens with zero attached hydrogens (tertiary/aromatic N) is 1. The molecule has 25 heavy (non-hydrogen) atoms. The zero-order chi connectivity index (χ0) is 17.4. The minimum atomic E-state index is 0.0952. The number of likely N-dealkylation sites (tertiary alicyclic amines) is 1. The molecule has 1 amide bonds. The van der Waals surface area contributed by atoms with Gasteiger partial charge in [0.25, 0.3) is 0 Å². The van der Waals surface area contributed by atoms with Gasteiger partial charge in [0.15, 0.2) is 0 Å². The number of fused-ring (bicyclic) bond motifs is 3. The Morgan fingerprint density at radius 2 is 1.80 bits per heavy atom. The van der Waals surface area contributed by atoms with E-state index in [0.717, 1.165) is 19.3 Å². The number of benzene rings is 2. The number of carbonyl (C=O) groups is 1. The molecule has 2 aromatic carbocycles. The molecule has 2 aliphatic rings. The molecule has 0 bridgehead atoms. The maximum absolute atomic E-state index is 12.1. The van der Waals surface area contributed by atoms with Crippen molar-refractivity contribution in [2.24, 2.45) is 0 Å². The fourth-order valence-electron chi connectivity index (χ4n) is 4.67. The molecular formula is C23H25NO. The summed E-state index contributed by atoms with van der Waals surface area (Å²) in [6, 6.07) is 17.6. The van der Waals surface area contributed by atoms with Crippen LogP contribution in [0.5, 0.6) is 0 Å². The van der Waals surface area contributed by atoms with Gasteiger partial charge in [0.1, 0.15) is 0 Å². The van der Waals surface area contributed by atoms with Gasteiger partial charge in [0.05, 0.1) is 0 Å². The van der Waals surface area contributed by atoms with Crippen LogP contribution in [0.1, 0.15) is 48.4 Å². The SMILES string of the molecule is CN1C(=O)CC[C@]2(C)c3ccc(C=Cc4ccccc4)cc3CC[C@@H]12. The highest BCUT2D eigenvalue weighted by Gasteiger charge is 2.46. The van der Waals surface area contributed by atoms with E-state index in [1.54, 1.807) is 0 Å². The number of amides is 1. The molecular weight excluding hydrogens is 306 g/mol. The second-order valence-electron chi connectivity index (χ2n) is 7.64. The Morgan fingerprint density at radius 1 is 1.04 bits per heavy atom. The van der Waals surface area contributed by atoms with Crippen molar-refractivity contribution in [3.63, 3.8) is 0 Å². The first kappa shape index (κ1) is 16.1. The lowest BCUT2D eigenvalue weighted by Gasteiger charge is -2.50. The van der Waals surface area contributed by atoms with Crippen LogP contribution >= 0.6 is 0 Å². The lowest BCUT2D eigenvalue weighted by molar-refractivity contribution is -0.138. The number of carbonyl (C=O) groups excluding carboxylic acids is 1. The van der Waals surface area contributed by atoms with Crippen molar-refractivity contribution in [1.29, 1.82) is 0 Å². The summed E-state index contributed by atoms with van der Waals surface area (Å²) in [7, 11) is 1.98. The highest BCUT2D eigenvalue weighted by atomic mass is 16.2. The largest absolute Gasteiger partial charge is 0.342 e. The Balaban J connectivity index is 1.64. The van der Waals surface area contributed by atoms with E-state index in [4.69, 9.17) is 0 Å². The van der Waals surface area contributed by atoms with Gasteiger partial charge in [0, 0.05) is 24.9 Å². The van der Waals surface area contributed by atoms with Gasteiger partial charge >= 0.3 is 0 Å². The third-order valence-electron chi connectivity index (χ3n) is 6.15. The third kappa shape index (κ3) is 2.80. The van der Waals surface area contributed by atoms with Crippen molar-refractivity contribution in [3.8, 4) is 0 Å². The summed E-state index contributed by atoms with van der Waals surface area (Å²) in [5.41, 5.74) is 5.47. The maximum atomic E-state index is 12.1. The summed E-state index contributed by atoms with van der Waals surface area (Å²) < 4.78 is 0. The first-order valence-corrected chi connectivity index (χ1v) is 9.20. The number of piperidine rings is 1. The van der Waals surface area contributed by atoms with Crippen molar-refractivity contribution in [3.05, 3.63) is 70.8 Å². The quantitative estimate of drug-likeness (QED) is 0.732. The van der Waals surface area contributed by atoms with Gasteiger partial charge in [0.2, 0.25) is 5.91 Å². The van der Waals surface area contributed by atoms with E-state index in [1.807, 2.05) is 18.0 Å². The van der Waals surface area contributed by atoms with Gasteiger partial charge < -0.3 is 4.90 Å². The molecule has 1 saturated heterocycles. The number of aryl methyl sites for hydroxylation is 1. The van der Waals surface area contributed by atoms with Crippen LogP contribution in [-0.2, 0) is 16.6 Å². The summed E-state index contributed by atoms with van der Waals surface area (Å²) in [6.07, 6.45) is 8.12. The van der Waals surface area contributed by atoms with E-state index in [-0.39, 0.29) is 5.41 Å². The molecule has 2 heteroatoms. The van der Waals surface area contributed by atoms with Crippen LogP contribution in [-0.4, -0.2) is 23.9 Å². The lowest BCUT2D eigenvalue weighted by Crippen LogP contribution is -2.56. The van der Waals surface area contributed by atoms with E-state index in [9.17, 15) is 4.79 Å². The summed E-state index contributed by atoms with van der Waals surface area (Å²) in [6.45, 7) is 2.35. The Bertz CT molecular complexity index is 823. The van der Waals surface area contributed by atoms with E-state index >= 15 is 0 Å². The monoisotopic (exact) mass is 331 g/mol. The Morgan fingerprint density at radius 3 is 2.60 bits per heavy atom. The fraction of sp³-hybridized carbons (Fsp3) is 0.348. The van der Waals surface area contributed by atoms with E-state index < -0.39 is 0 Å². The molecule has 1 aliphatic heterocycles. The van der Waals surface area contributed by atoms with Crippen LogP contribution in [0, 0.1) is 0 Å². The van der Waals surface area contributed by atoms with Crippen LogP contribution < -0.4 is 0 Å². The maximum Gasteiger partial charge on any atom is 0.222 e. The molecule has 0 unspecified atom stereocenters. The molecule has 1 aliphatic carbocycles.